The molecular formula is C13H19ClN2O. The molecule has 0 saturated carbocycles. The van der Waals surface area contributed by atoms with Crippen molar-refractivity contribution in [3.05, 3.63) is 40.5 Å². The molecule has 0 amide bonds. The van der Waals surface area contributed by atoms with E-state index in [2.05, 4.69) is 0 Å². The third-order valence-corrected chi connectivity index (χ3v) is 2.93. The van der Waals surface area contributed by atoms with Crippen molar-refractivity contribution < 1.29 is 5.11 Å². The zero-order valence-corrected chi connectivity index (χ0v) is 11.2. The van der Waals surface area contributed by atoms with Crippen molar-refractivity contribution >= 4 is 17.7 Å². The van der Waals surface area contributed by atoms with Gasteiger partial charge in [0.1, 0.15) is 5.72 Å². The molecule has 3 N–H and O–H groups in total. The van der Waals surface area contributed by atoms with E-state index in [1.54, 1.807) is 18.2 Å². The summed E-state index contributed by atoms with van der Waals surface area (Å²) in [7, 11) is 3.84. The van der Waals surface area contributed by atoms with Crippen LogP contribution < -0.4 is 5.73 Å². The predicted molar refractivity (Wildman–Crippen MR) is 72.5 cm³/mol. The predicted octanol–water partition coefficient (Wildman–Crippen LogP) is 2.39. The Labute approximate surface area is 107 Å². The quantitative estimate of drug-likeness (QED) is 0.812. The summed E-state index contributed by atoms with van der Waals surface area (Å²) in [6.07, 6.45) is 4.15. The van der Waals surface area contributed by atoms with Crippen LogP contribution >= 0.6 is 11.6 Å². The van der Waals surface area contributed by atoms with Crippen LogP contribution in [0.2, 0.25) is 5.02 Å². The van der Waals surface area contributed by atoms with Gasteiger partial charge in [-0.25, -0.2) is 0 Å². The molecule has 3 nitrogen and oxygen atoms in total. The first-order valence-corrected chi connectivity index (χ1v) is 5.91. The molecule has 94 valence electrons. The van der Waals surface area contributed by atoms with E-state index in [4.69, 9.17) is 17.3 Å². The Morgan fingerprint density at radius 3 is 2.65 bits per heavy atom. The number of hydrogen-bond donors (Lipinski definition) is 2. The minimum atomic E-state index is -1.35. The molecule has 0 aliphatic carbocycles. The van der Waals surface area contributed by atoms with E-state index in [1.165, 1.54) is 0 Å². The monoisotopic (exact) mass is 254 g/mol. The van der Waals surface area contributed by atoms with Crippen molar-refractivity contribution in [3.63, 3.8) is 0 Å². The van der Waals surface area contributed by atoms with Gasteiger partial charge in [0.15, 0.2) is 0 Å². The second kappa shape index (κ2) is 5.54. The van der Waals surface area contributed by atoms with Gasteiger partial charge >= 0.3 is 0 Å². The second-order valence-electron chi connectivity index (χ2n) is 4.26. The molecule has 1 aromatic carbocycles. The van der Waals surface area contributed by atoms with Gasteiger partial charge in [0.2, 0.25) is 0 Å². The van der Waals surface area contributed by atoms with Crippen LogP contribution in [0.5, 0.6) is 0 Å². The summed E-state index contributed by atoms with van der Waals surface area (Å²) in [5.74, 6) is 0. The number of rotatable bonds is 4. The molecule has 1 rings (SSSR count). The largest absolute Gasteiger partial charge is 0.383 e. The summed E-state index contributed by atoms with van der Waals surface area (Å²) in [5, 5.41) is 10.7. The van der Waals surface area contributed by atoms with E-state index < -0.39 is 5.72 Å². The van der Waals surface area contributed by atoms with Crippen LogP contribution in [-0.4, -0.2) is 24.1 Å². The lowest BCUT2D eigenvalue weighted by Crippen LogP contribution is -2.36. The van der Waals surface area contributed by atoms with Crippen LogP contribution in [0, 0.1) is 0 Å². The highest BCUT2D eigenvalue weighted by Gasteiger charge is 2.24. The van der Waals surface area contributed by atoms with E-state index in [1.807, 2.05) is 38.2 Å². The van der Waals surface area contributed by atoms with E-state index in [-0.39, 0.29) is 0 Å². The van der Waals surface area contributed by atoms with Gasteiger partial charge in [-0.2, -0.15) is 0 Å². The molecule has 1 unspecified atom stereocenters. The zero-order chi connectivity index (χ0) is 13.1. The first-order chi connectivity index (χ1) is 7.88. The highest BCUT2D eigenvalue weighted by Crippen LogP contribution is 2.29. The van der Waals surface area contributed by atoms with Gasteiger partial charge in [0, 0.05) is 30.2 Å². The molecule has 0 aliphatic rings. The van der Waals surface area contributed by atoms with Crippen molar-refractivity contribution in [2.45, 2.75) is 19.1 Å². The van der Waals surface area contributed by atoms with Crippen molar-refractivity contribution in [1.29, 1.82) is 0 Å². The standard InChI is InChI=1S/C13H19ClN2O/c1-4-13(15,17)11-6-5-7-12(14)10(11)8-9-16(2)3/h5-9,17H,4,15H2,1-3H3/b9-8+. The van der Waals surface area contributed by atoms with Gasteiger partial charge in [-0.1, -0.05) is 30.7 Å². The Hall–Kier alpha value is -1.03. The fourth-order valence-corrected chi connectivity index (χ4v) is 1.74. The summed E-state index contributed by atoms with van der Waals surface area (Å²) in [6.45, 7) is 1.83. The third-order valence-electron chi connectivity index (χ3n) is 2.60. The third kappa shape index (κ3) is 3.46. The fraction of sp³-hybridized carbons (Fsp3) is 0.385. The summed E-state index contributed by atoms with van der Waals surface area (Å²) in [4.78, 5) is 1.90. The highest BCUT2D eigenvalue weighted by atomic mass is 35.5. The first-order valence-electron chi connectivity index (χ1n) is 5.53. The number of nitrogens with zero attached hydrogens (tertiary/aromatic N) is 1. The maximum Gasteiger partial charge on any atom is 0.140 e. The van der Waals surface area contributed by atoms with Crippen molar-refractivity contribution in [1.82, 2.24) is 4.90 Å². The van der Waals surface area contributed by atoms with Gasteiger partial charge in [-0.3, -0.25) is 5.73 Å². The van der Waals surface area contributed by atoms with Crippen LogP contribution in [0.4, 0.5) is 0 Å². The van der Waals surface area contributed by atoms with Crippen LogP contribution in [0.25, 0.3) is 6.08 Å². The molecule has 1 aromatic rings. The minimum Gasteiger partial charge on any atom is -0.383 e. The molecule has 0 bridgehead atoms. The van der Waals surface area contributed by atoms with Crippen LogP contribution in [0.1, 0.15) is 24.5 Å². The lowest BCUT2D eigenvalue weighted by molar-refractivity contribution is 0.0393. The Balaban J connectivity index is 3.27. The highest BCUT2D eigenvalue weighted by molar-refractivity contribution is 6.32. The molecule has 0 saturated heterocycles. The number of aliphatic hydroxyl groups is 1. The molecule has 0 fully saturated rings. The molecule has 0 radical (unpaired) electrons. The minimum absolute atomic E-state index is 0.427. The van der Waals surface area contributed by atoms with Gasteiger partial charge in [-0.05, 0) is 24.8 Å². The summed E-state index contributed by atoms with van der Waals surface area (Å²) < 4.78 is 0. The van der Waals surface area contributed by atoms with Gasteiger partial charge < -0.3 is 10.0 Å². The van der Waals surface area contributed by atoms with Crippen LogP contribution in [-0.2, 0) is 5.72 Å². The average molecular weight is 255 g/mol. The van der Waals surface area contributed by atoms with E-state index >= 15 is 0 Å². The second-order valence-corrected chi connectivity index (χ2v) is 4.67. The van der Waals surface area contributed by atoms with Crippen LogP contribution in [0.15, 0.2) is 24.4 Å². The summed E-state index contributed by atoms with van der Waals surface area (Å²) in [5.41, 5.74) is 5.92. The maximum atomic E-state index is 10.1. The Bertz CT molecular complexity index is 414. The molecule has 0 aliphatic heterocycles. The topological polar surface area (TPSA) is 49.5 Å². The lowest BCUT2D eigenvalue weighted by Gasteiger charge is -2.24. The summed E-state index contributed by atoms with van der Waals surface area (Å²) >= 11 is 6.14. The smallest absolute Gasteiger partial charge is 0.140 e. The SMILES string of the molecule is CCC(N)(O)c1cccc(Cl)c1/C=C/N(C)C. The molecular weight excluding hydrogens is 236 g/mol. The molecule has 17 heavy (non-hydrogen) atoms. The van der Waals surface area contributed by atoms with Crippen molar-refractivity contribution in [2.75, 3.05) is 14.1 Å². The van der Waals surface area contributed by atoms with Gasteiger partial charge in [0.25, 0.3) is 0 Å². The van der Waals surface area contributed by atoms with E-state index in [9.17, 15) is 5.11 Å². The number of nitrogens with two attached hydrogens (primary N) is 1. The Kier molecular flexibility index (Phi) is 4.57. The zero-order valence-electron chi connectivity index (χ0n) is 10.4. The number of benzene rings is 1. The Morgan fingerprint density at radius 1 is 1.47 bits per heavy atom. The maximum absolute atomic E-state index is 10.1. The fourth-order valence-electron chi connectivity index (χ4n) is 1.50. The van der Waals surface area contributed by atoms with E-state index in [0.29, 0.717) is 17.0 Å². The molecule has 0 heterocycles. The molecule has 0 aromatic heterocycles. The number of halogens is 1. The molecule has 0 spiro atoms. The van der Waals surface area contributed by atoms with Crippen molar-refractivity contribution in [2.24, 2.45) is 5.73 Å². The normalized spacial score (nSPS) is 14.9. The lowest BCUT2D eigenvalue weighted by atomic mass is 9.95. The Morgan fingerprint density at radius 2 is 2.12 bits per heavy atom. The average Bonchev–Trinajstić information content (AvgIpc) is 2.27. The molecule has 1 atom stereocenters. The molecule has 4 heteroatoms. The van der Waals surface area contributed by atoms with Crippen molar-refractivity contribution in [3.8, 4) is 0 Å². The first kappa shape index (κ1) is 14.0. The van der Waals surface area contributed by atoms with Gasteiger partial charge in [-0.15, -0.1) is 0 Å². The number of hydrogen-bond acceptors (Lipinski definition) is 3. The van der Waals surface area contributed by atoms with Gasteiger partial charge in [0.05, 0.1) is 0 Å². The van der Waals surface area contributed by atoms with E-state index in [0.717, 1.165) is 5.56 Å². The summed E-state index contributed by atoms with van der Waals surface area (Å²) in [6, 6.07) is 5.37. The van der Waals surface area contributed by atoms with Crippen LogP contribution in [0.3, 0.4) is 0 Å².